The Morgan fingerprint density at radius 2 is 2.10 bits per heavy atom. The number of hydrogen-bond acceptors (Lipinski definition) is 5. The van der Waals surface area contributed by atoms with Crippen molar-refractivity contribution >= 4 is 11.9 Å². The van der Waals surface area contributed by atoms with E-state index in [-0.39, 0.29) is 6.04 Å². The lowest BCUT2D eigenvalue weighted by molar-refractivity contribution is 0.00508. The normalized spacial score (nSPS) is 30.9. The topological polar surface area (TPSA) is 56.3 Å². The average molecular weight is 308 g/mol. The highest BCUT2D eigenvalue weighted by Gasteiger charge is 2.32. The number of nitrogens with two attached hydrogens (primary N) is 1. The van der Waals surface area contributed by atoms with Crippen molar-refractivity contribution in [2.24, 2.45) is 5.73 Å². The Labute approximate surface area is 130 Å². The standard InChI is InChI=1S/C15H24N4OS/c16-12-5-13(10-20-9-12)18-6-11-7-19(17-15(11)8-18)21-14-3-1-2-4-14/h7,12-14H,1-6,8-10,16H2/t12-,13+/m0/s1. The maximum Gasteiger partial charge on any atom is 0.0820 e. The van der Waals surface area contributed by atoms with E-state index in [1.807, 2.05) is 11.9 Å². The molecule has 0 bridgehead atoms. The summed E-state index contributed by atoms with van der Waals surface area (Å²) < 4.78 is 7.71. The molecule has 5 nitrogen and oxygen atoms in total. The lowest BCUT2D eigenvalue weighted by Gasteiger charge is -2.33. The van der Waals surface area contributed by atoms with E-state index in [4.69, 9.17) is 15.6 Å². The van der Waals surface area contributed by atoms with Gasteiger partial charge in [0, 0.05) is 42.2 Å². The van der Waals surface area contributed by atoms with Crippen molar-refractivity contribution in [1.29, 1.82) is 0 Å². The molecule has 1 aromatic rings. The first-order chi connectivity index (χ1) is 10.3. The molecule has 2 fully saturated rings. The molecule has 1 aliphatic carbocycles. The summed E-state index contributed by atoms with van der Waals surface area (Å²) in [4.78, 5) is 2.47. The molecule has 4 rings (SSSR count). The number of fused-ring (bicyclic) bond motifs is 1. The van der Waals surface area contributed by atoms with Crippen LogP contribution in [0.5, 0.6) is 0 Å². The third kappa shape index (κ3) is 2.99. The summed E-state index contributed by atoms with van der Waals surface area (Å²) in [5, 5.41) is 5.55. The Balaban J connectivity index is 1.37. The van der Waals surface area contributed by atoms with Crippen molar-refractivity contribution in [2.45, 2.75) is 62.5 Å². The van der Waals surface area contributed by atoms with E-state index in [2.05, 4.69) is 15.2 Å². The minimum atomic E-state index is 0.189. The highest BCUT2D eigenvalue weighted by Crippen LogP contribution is 2.32. The van der Waals surface area contributed by atoms with Crippen LogP contribution in [0.2, 0.25) is 0 Å². The first-order valence-corrected chi connectivity index (χ1v) is 8.93. The third-order valence-corrected chi connectivity index (χ3v) is 6.05. The number of ether oxygens (including phenoxy) is 1. The quantitative estimate of drug-likeness (QED) is 0.922. The van der Waals surface area contributed by atoms with Gasteiger partial charge in [-0.3, -0.25) is 4.90 Å². The van der Waals surface area contributed by atoms with Crippen molar-refractivity contribution in [2.75, 3.05) is 13.2 Å². The summed E-state index contributed by atoms with van der Waals surface area (Å²) in [6.45, 7) is 3.48. The van der Waals surface area contributed by atoms with E-state index < -0.39 is 0 Å². The fraction of sp³-hybridized carbons (Fsp3) is 0.800. The molecular weight excluding hydrogens is 284 g/mol. The van der Waals surface area contributed by atoms with Crippen LogP contribution in [0.15, 0.2) is 6.20 Å². The average Bonchev–Trinajstić information content (AvgIpc) is 3.14. The second-order valence-corrected chi connectivity index (χ2v) is 7.86. The maximum atomic E-state index is 6.01. The number of nitrogens with zero attached hydrogens (tertiary/aromatic N) is 3. The molecule has 2 aliphatic heterocycles. The Bertz CT molecular complexity index is 476. The van der Waals surface area contributed by atoms with Gasteiger partial charge in [-0.2, -0.15) is 5.10 Å². The smallest absolute Gasteiger partial charge is 0.0820 e. The van der Waals surface area contributed by atoms with Crippen LogP contribution in [0.3, 0.4) is 0 Å². The fourth-order valence-electron chi connectivity index (χ4n) is 3.71. The van der Waals surface area contributed by atoms with Crippen LogP contribution < -0.4 is 5.73 Å². The zero-order valence-electron chi connectivity index (χ0n) is 12.4. The molecule has 0 aromatic carbocycles. The maximum absolute atomic E-state index is 6.01. The lowest BCUT2D eigenvalue weighted by Crippen LogP contribution is -2.46. The van der Waals surface area contributed by atoms with Gasteiger partial charge < -0.3 is 10.5 Å². The first kappa shape index (κ1) is 14.1. The SMILES string of the molecule is N[C@@H]1COC[C@H](N2Cc3cn(SC4CCCC4)nc3C2)C1. The summed E-state index contributed by atoms with van der Waals surface area (Å²) in [6.07, 6.45) is 8.74. The third-order valence-electron chi connectivity index (χ3n) is 4.88. The molecule has 3 heterocycles. The zero-order chi connectivity index (χ0) is 14.2. The molecule has 1 saturated heterocycles. The molecule has 21 heavy (non-hydrogen) atoms. The molecule has 116 valence electrons. The number of hydrogen-bond donors (Lipinski definition) is 1. The van der Waals surface area contributed by atoms with Crippen molar-refractivity contribution in [3.8, 4) is 0 Å². The summed E-state index contributed by atoms with van der Waals surface area (Å²) >= 11 is 1.92. The van der Waals surface area contributed by atoms with Gasteiger partial charge in [0.1, 0.15) is 0 Å². The molecule has 6 heteroatoms. The van der Waals surface area contributed by atoms with Crippen LogP contribution in [0, 0.1) is 0 Å². The predicted octanol–water partition coefficient (Wildman–Crippen LogP) is 1.75. The van der Waals surface area contributed by atoms with Gasteiger partial charge in [0.25, 0.3) is 0 Å². The van der Waals surface area contributed by atoms with Crippen LogP contribution in [0.4, 0.5) is 0 Å². The molecular formula is C15H24N4OS. The van der Waals surface area contributed by atoms with Crippen LogP contribution in [-0.4, -0.2) is 44.6 Å². The van der Waals surface area contributed by atoms with Gasteiger partial charge in [-0.25, -0.2) is 4.09 Å². The van der Waals surface area contributed by atoms with Gasteiger partial charge in [0.2, 0.25) is 0 Å². The predicted molar refractivity (Wildman–Crippen MR) is 83.9 cm³/mol. The van der Waals surface area contributed by atoms with Crippen LogP contribution in [0.1, 0.15) is 43.4 Å². The van der Waals surface area contributed by atoms with E-state index >= 15 is 0 Å². The monoisotopic (exact) mass is 308 g/mol. The Kier molecular flexibility index (Phi) is 3.96. The minimum absolute atomic E-state index is 0.189. The van der Waals surface area contributed by atoms with Gasteiger partial charge in [0.05, 0.1) is 18.9 Å². The zero-order valence-corrected chi connectivity index (χ0v) is 13.2. The van der Waals surface area contributed by atoms with E-state index in [1.165, 1.54) is 36.9 Å². The van der Waals surface area contributed by atoms with Gasteiger partial charge in [-0.05, 0) is 31.2 Å². The Hall–Kier alpha value is -0.560. The summed E-state index contributed by atoms with van der Waals surface area (Å²) in [5.74, 6) is 0. The van der Waals surface area contributed by atoms with E-state index in [9.17, 15) is 0 Å². The lowest BCUT2D eigenvalue weighted by atomic mass is 10.1. The molecule has 0 amide bonds. The fourth-order valence-corrected chi connectivity index (χ4v) is 4.89. The summed E-state index contributed by atoms with van der Waals surface area (Å²) in [7, 11) is 0. The van der Waals surface area contributed by atoms with E-state index in [0.717, 1.165) is 31.4 Å². The van der Waals surface area contributed by atoms with Crippen LogP contribution in [0.25, 0.3) is 0 Å². The highest BCUT2D eigenvalue weighted by atomic mass is 32.2. The van der Waals surface area contributed by atoms with E-state index in [1.54, 1.807) is 0 Å². The molecule has 3 aliphatic rings. The van der Waals surface area contributed by atoms with Crippen molar-refractivity contribution in [3.63, 3.8) is 0 Å². The van der Waals surface area contributed by atoms with Gasteiger partial charge in [0.15, 0.2) is 0 Å². The van der Waals surface area contributed by atoms with Crippen LogP contribution >= 0.6 is 11.9 Å². The van der Waals surface area contributed by atoms with Crippen LogP contribution in [-0.2, 0) is 17.8 Å². The Morgan fingerprint density at radius 3 is 2.86 bits per heavy atom. The van der Waals surface area contributed by atoms with Gasteiger partial charge in [-0.1, -0.05) is 12.8 Å². The molecule has 0 spiro atoms. The van der Waals surface area contributed by atoms with Gasteiger partial charge in [-0.15, -0.1) is 0 Å². The number of rotatable bonds is 3. The van der Waals surface area contributed by atoms with Crippen molar-refractivity contribution < 1.29 is 4.74 Å². The van der Waals surface area contributed by atoms with Crippen molar-refractivity contribution in [1.82, 2.24) is 14.1 Å². The molecule has 2 N–H and O–H groups in total. The number of aromatic nitrogens is 2. The summed E-state index contributed by atoms with van der Waals surface area (Å²) in [5.41, 5.74) is 8.65. The Morgan fingerprint density at radius 1 is 1.24 bits per heavy atom. The molecule has 1 aromatic heterocycles. The first-order valence-electron chi connectivity index (χ1n) is 8.10. The van der Waals surface area contributed by atoms with Gasteiger partial charge >= 0.3 is 0 Å². The second kappa shape index (κ2) is 5.91. The molecule has 0 radical (unpaired) electrons. The highest BCUT2D eigenvalue weighted by molar-refractivity contribution is 7.98. The summed E-state index contributed by atoms with van der Waals surface area (Å²) in [6, 6.07) is 0.647. The van der Waals surface area contributed by atoms with E-state index in [0.29, 0.717) is 12.6 Å². The molecule has 0 unspecified atom stereocenters. The van der Waals surface area contributed by atoms with Crippen molar-refractivity contribution in [3.05, 3.63) is 17.5 Å². The molecule has 2 atom stereocenters. The molecule has 1 saturated carbocycles. The minimum Gasteiger partial charge on any atom is -0.378 e. The second-order valence-electron chi connectivity index (χ2n) is 6.61. The largest absolute Gasteiger partial charge is 0.378 e.